The van der Waals surface area contributed by atoms with Gasteiger partial charge in [0.25, 0.3) is 5.56 Å². The van der Waals surface area contributed by atoms with Gasteiger partial charge in [0.1, 0.15) is 10.4 Å². The van der Waals surface area contributed by atoms with E-state index in [9.17, 15) is 9.18 Å². The summed E-state index contributed by atoms with van der Waals surface area (Å²) in [6, 6.07) is 4.56. The highest BCUT2D eigenvalue weighted by Gasteiger charge is 2.19. The highest BCUT2D eigenvalue weighted by atomic mass is 79.9. The van der Waals surface area contributed by atoms with E-state index in [1.165, 1.54) is 42.6 Å². The molecule has 1 aliphatic heterocycles. The van der Waals surface area contributed by atoms with E-state index in [-0.39, 0.29) is 5.56 Å². The molecular formula is C20H22BrFN4OS. The molecule has 0 aromatic carbocycles. The zero-order valence-electron chi connectivity index (χ0n) is 15.5. The van der Waals surface area contributed by atoms with Crippen molar-refractivity contribution in [3.8, 4) is 0 Å². The van der Waals surface area contributed by atoms with Gasteiger partial charge in [-0.25, -0.2) is 9.37 Å². The largest absolute Gasteiger partial charge is 0.305 e. The molecule has 148 valence electrons. The first-order valence-electron chi connectivity index (χ1n) is 9.56. The molecule has 8 heteroatoms. The van der Waals surface area contributed by atoms with Gasteiger partial charge in [-0.2, -0.15) is 0 Å². The number of hydrogen-bond donors (Lipinski definition) is 0. The molecule has 0 saturated carbocycles. The standard InChI is InChI=1S/C20H22BrFN4OS/c21-18-13-28-19(24-18)3-1-14-5-7-25(8-6-14)9-10-26-17-11-15(22)12-23-16(17)2-4-20(26)27/h2,4,11-14H,1,3,5-10H2. The molecule has 0 amide bonds. The average molecular weight is 465 g/mol. The fourth-order valence-electron chi connectivity index (χ4n) is 3.84. The summed E-state index contributed by atoms with van der Waals surface area (Å²) in [5.41, 5.74) is 1.11. The third-order valence-electron chi connectivity index (χ3n) is 5.44. The third kappa shape index (κ3) is 4.67. The second kappa shape index (κ2) is 8.80. The lowest BCUT2D eigenvalue weighted by Crippen LogP contribution is -2.37. The zero-order chi connectivity index (χ0) is 19.5. The van der Waals surface area contributed by atoms with Gasteiger partial charge in [-0.15, -0.1) is 11.3 Å². The Hall–Kier alpha value is -1.64. The van der Waals surface area contributed by atoms with Crippen LogP contribution in [0.2, 0.25) is 0 Å². The molecule has 3 aromatic rings. The molecule has 1 saturated heterocycles. The highest BCUT2D eigenvalue weighted by Crippen LogP contribution is 2.24. The first-order valence-corrected chi connectivity index (χ1v) is 11.2. The molecule has 0 atom stereocenters. The number of hydrogen-bond acceptors (Lipinski definition) is 5. The minimum Gasteiger partial charge on any atom is -0.305 e. The van der Waals surface area contributed by atoms with Crippen LogP contribution >= 0.6 is 27.3 Å². The molecule has 0 N–H and O–H groups in total. The summed E-state index contributed by atoms with van der Waals surface area (Å²) in [7, 11) is 0. The summed E-state index contributed by atoms with van der Waals surface area (Å²) in [5.74, 6) is 0.317. The summed E-state index contributed by atoms with van der Waals surface area (Å²) in [4.78, 5) is 23.2. The fraction of sp³-hybridized carbons (Fsp3) is 0.450. The third-order valence-corrected chi connectivity index (χ3v) is 7.06. The van der Waals surface area contributed by atoms with E-state index < -0.39 is 5.82 Å². The van der Waals surface area contributed by atoms with Crippen LogP contribution in [0, 0.1) is 11.7 Å². The number of piperidine rings is 1. The number of aryl methyl sites for hydroxylation is 1. The quantitative estimate of drug-likeness (QED) is 0.550. The van der Waals surface area contributed by atoms with Crippen molar-refractivity contribution in [1.82, 2.24) is 19.4 Å². The van der Waals surface area contributed by atoms with Gasteiger partial charge >= 0.3 is 0 Å². The zero-order valence-corrected chi connectivity index (χ0v) is 17.9. The Balaban J connectivity index is 1.31. The normalized spacial score (nSPS) is 16.1. The van der Waals surface area contributed by atoms with Crippen LogP contribution in [-0.4, -0.2) is 39.1 Å². The summed E-state index contributed by atoms with van der Waals surface area (Å²) >= 11 is 5.13. The Morgan fingerprint density at radius 1 is 1.25 bits per heavy atom. The SMILES string of the molecule is O=c1ccc2ncc(F)cc2n1CCN1CCC(CCc2nc(Br)cs2)CC1. The first kappa shape index (κ1) is 19.7. The molecule has 28 heavy (non-hydrogen) atoms. The predicted molar refractivity (Wildman–Crippen MR) is 113 cm³/mol. The summed E-state index contributed by atoms with van der Waals surface area (Å²) in [5, 5.41) is 3.24. The van der Waals surface area contributed by atoms with E-state index in [4.69, 9.17) is 0 Å². The molecule has 1 fully saturated rings. The van der Waals surface area contributed by atoms with E-state index >= 15 is 0 Å². The lowest BCUT2D eigenvalue weighted by Gasteiger charge is -2.32. The lowest BCUT2D eigenvalue weighted by molar-refractivity contribution is 0.174. The fourth-order valence-corrected chi connectivity index (χ4v) is 5.13. The maximum Gasteiger partial charge on any atom is 0.251 e. The van der Waals surface area contributed by atoms with Gasteiger partial charge in [0, 0.05) is 30.6 Å². The van der Waals surface area contributed by atoms with Gasteiger partial charge in [0.2, 0.25) is 0 Å². The number of halogens is 2. The maximum absolute atomic E-state index is 13.6. The molecule has 4 heterocycles. The Kier molecular flexibility index (Phi) is 6.18. The minimum atomic E-state index is -0.417. The Bertz CT molecular complexity index is 1010. The number of rotatable bonds is 6. The van der Waals surface area contributed by atoms with Crippen molar-refractivity contribution in [2.75, 3.05) is 19.6 Å². The van der Waals surface area contributed by atoms with Gasteiger partial charge in [0.15, 0.2) is 0 Å². The monoisotopic (exact) mass is 464 g/mol. The van der Waals surface area contributed by atoms with Gasteiger partial charge in [-0.05, 0) is 66.7 Å². The van der Waals surface area contributed by atoms with Gasteiger partial charge in [-0.1, -0.05) is 0 Å². The Labute approximate surface area is 175 Å². The van der Waals surface area contributed by atoms with E-state index in [1.807, 2.05) is 5.38 Å². The number of thiazole rings is 1. The first-order chi connectivity index (χ1) is 13.6. The van der Waals surface area contributed by atoms with Crippen molar-refractivity contribution in [1.29, 1.82) is 0 Å². The second-order valence-corrected chi connectivity index (χ2v) is 9.02. The van der Waals surface area contributed by atoms with Crippen LogP contribution in [0.25, 0.3) is 11.0 Å². The van der Waals surface area contributed by atoms with Crippen LogP contribution < -0.4 is 5.56 Å². The molecule has 0 aliphatic carbocycles. The Morgan fingerprint density at radius 3 is 2.82 bits per heavy atom. The molecule has 0 unspecified atom stereocenters. The molecule has 0 spiro atoms. The van der Waals surface area contributed by atoms with Gasteiger partial charge in [-0.3, -0.25) is 9.78 Å². The van der Waals surface area contributed by atoms with Crippen LogP contribution in [0.3, 0.4) is 0 Å². The van der Waals surface area contributed by atoms with E-state index in [0.717, 1.165) is 36.6 Å². The van der Waals surface area contributed by atoms with Crippen LogP contribution in [0.15, 0.2) is 39.2 Å². The molecule has 4 rings (SSSR count). The topological polar surface area (TPSA) is 51.0 Å². The van der Waals surface area contributed by atoms with Crippen LogP contribution in [0.1, 0.15) is 24.3 Å². The molecular weight excluding hydrogens is 443 g/mol. The molecule has 0 radical (unpaired) electrons. The number of aromatic nitrogens is 3. The molecule has 1 aliphatic rings. The van der Waals surface area contributed by atoms with Crippen LogP contribution in [0.4, 0.5) is 4.39 Å². The summed E-state index contributed by atoms with van der Waals surface area (Å²) < 4.78 is 16.2. The number of pyridine rings is 2. The molecule has 3 aromatic heterocycles. The second-order valence-electron chi connectivity index (χ2n) is 7.27. The number of nitrogens with zero attached hydrogens (tertiary/aromatic N) is 4. The van der Waals surface area contributed by atoms with Gasteiger partial charge < -0.3 is 9.47 Å². The van der Waals surface area contributed by atoms with Crippen molar-refractivity contribution >= 4 is 38.3 Å². The van der Waals surface area contributed by atoms with Crippen molar-refractivity contribution in [2.45, 2.75) is 32.2 Å². The number of likely N-dealkylation sites (tertiary alicyclic amines) is 1. The van der Waals surface area contributed by atoms with E-state index in [2.05, 4.69) is 30.8 Å². The van der Waals surface area contributed by atoms with Crippen molar-refractivity contribution < 1.29 is 4.39 Å². The maximum atomic E-state index is 13.6. The van der Waals surface area contributed by atoms with Crippen molar-refractivity contribution in [2.24, 2.45) is 5.92 Å². The molecule has 5 nitrogen and oxygen atoms in total. The minimum absolute atomic E-state index is 0.107. The smallest absolute Gasteiger partial charge is 0.251 e. The van der Waals surface area contributed by atoms with Crippen molar-refractivity contribution in [3.63, 3.8) is 0 Å². The van der Waals surface area contributed by atoms with E-state index in [1.54, 1.807) is 22.0 Å². The van der Waals surface area contributed by atoms with E-state index in [0.29, 0.717) is 17.6 Å². The lowest BCUT2D eigenvalue weighted by atomic mass is 9.92. The predicted octanol–water partition coefficient (Wildman–Crippen LogP) is 4.10. The Morgan fingerprint density at radius 2 is 2.07 bits per heavy atom. The van der Waals surface area contributed by atoms with Crippen LogP contribution in [-0.2, 0) is 13.0 Å². The van der Waals surface area contributed by atoms with Crippen molar-refractivity contribution in [3.05, 3.63) is 55.6 Å². The molecule has 0 bridgehead atoms. The van der Waals surface area contributed by atoms with Crippen LogP contribution in [0.5, 0.6) is 0 Å². The van der Waals surface area contributed by atoms with Gasteiger partial charge in [0.05, 0.1) is 22.2 Å². The summed E-state index contributed by atoms with van der Waals surface area (Å²) in [6.07, 6.45) is 5.76. The summed E-state index contributed by atoms with van der Waals surface area (Å²) in [6.45, 7) is 3.43. The average Bonchev–Trinajstić information content (AvgIpc) is 3.12. The highest BCUT2D eigenvalue weighted by molar-refractivity contribution is 9.10. The number of fused-ring (bicyclic) bond motifs is 1.